The van der Waals surface area contributed by atoms with Crippen molar-refractivity contribution in [3.8, 4) is 0 Å². The molecule has 2 rings (SSSR count). The molecular weight excluding hydrogens is 300 g/mol. The Morgan fingerprint density at radius 1 is 1.25 bits per heavy atom. The number of hydrogen-bond donors (Lipinski definition) is 1. The van der Waals surface area contributed by atoms with Gasteiger partial charge in [-0.3, -0.25) is 4.40 Å². The van der Waals surface area contributed by atoms with E-state index >= 15 is 0 Å². The van der Waals surface area contributed by atoms with Gasteiger partial charge in [-0.2, -0.15) is 0 Å². The minimum Gasteiger partial charge on any atom is -0.286 e. The highest BCUT2D eigenvalue weighted by molar-refractivity contribution is 7.89. The fourth-order valence-electron chi connectivity index (χ4n) is 1.84. The van der Waals surface area contributed by atoms with Crippen LogP contribution in [0.1, 0.15) is 18.7 Å². The van der Waals surface area contributed by atoms with Gasteiger partial charge in [-0.05, 0) is 25.0 Å². The second-order valence-electron chi connectivity index (χ2n) is 4.40. The number of aromatic nitrogens is 3. The summed E-state index contributed by atoms with van der Waals surface area (Å²) in [4.78, 5) is 0. The Kier molecular flexibility index (Phi) is 5.33. The molecule has 0 saturated carbocycles. The molecule has 20 heavy (non-hydrogen) atoms. The van der Waals surface area contributed by atoms with Gasteiger partial charge in [0.1, 0.15) is 5.82 Å². The van der Waals surface area contributed by atoms with Gasteiger partial charge in [-0.25, -0.2) is 13.1 Å². The molecule has 0 atom stereocenters. The Morgan fingerprint density at radius 2 is 2.10 bits per heavy atom. The zero-order chi connectivity index (χ0) is 14.4. The Hall–Kier alpha value is -1.18. The first-order valence-corrected chi connectivity index (χ1v) is 8.63. The summed E-state index contributed by atoms with van der Waals surface area (Å²) in [5.74, 6) is 1.34. The lowest BCUT2D eigenvalue weighted by molar-refractivity contribution is 0.577. The first-order valence-electron chi connectivity index (χ1n) is 6.44. The number of sulfonamides is 1. The minimum atomic E-state index is -3.23. The Bertz CT molecular complexity index is 656. The second kappa shape index (κ2) is 7.01. The number of nitrogens with zero attached hydrogens (tertiary/aromatic N) is 3. The zero-order valence-electron chi connectivity index (χ0n) is 11.0. The molecule has 0 saturated heterocycles. The van der Waals surface area contributed by atoms with Gasteiger partial charge in [0.2, 0.25) is 10.0 Å². The first kappa shape index (κ1) is 15.2. The lowest BCUT2D eigenvalue weighted by Crippen LogP contribution is -2.28. The van der Waals surface area contributed by atoms with Gasteiger partial charge in [-0.15, -0.1) is 21.8 Å². The largest absolute Gasteiger partial charge is 0.286 e. The van der Waals surface area contributed by atoms with E-state index in [1.165, 1.54) is 0 Å². The van der Waals surface area contributed by atoms with E-state index in [-0.39, 0.29) is 5.75 Å². The highest BCUT2D eigenvalue weighted by atomic mass is 35.5. The number of halogens is 1. The van der Waals surface area contributed by atoms with E-state index in [0.717, 1.165) is 11.5 Å². The van der Waals surface area contributed by atoms with Crippen molar-refractivity contribution in [1.82, 2.24) is 19.3 Å². The van der Waals surface area contributed by atoms with E-state index in [9.17, 15) is 8.42 Å². The maximum Gasteiger partial charge on any atom is 0.211 e. The van der Waals surface area contributed by atoms with Gasteiger partial charge in [0.25, 0.3) is 0 Å². The van der Waals surface area contributed by atoms with E-state index in [0.29, 0.717) is 31.7 Å². The molecule has 110 valence electrons. The summed E-state index contributed by atoms with van der Waals surface area (Å²) >= 11 is 5.52. The van der Waals surface area contributed by atoms with Crippen LogP contribution in [-0.4, -0.2) is 41.2 Å². The van der Waals surface area contributed by atoms with Crippen molar-refractivity contribution in [3.63, 3.8) is 0 Å². The van der Waals surface area contributed by atoms with Crippen LogP contribution < -0.4 is 4.72 Å². The number of pyridine rings is 1. The molecule has 0 spiro atoms. The molecule has 1 N–H and O–H groups in total. The van der Waals surface area contributed by atoms with Crippen LogP contribution in [0, 0.1) is 0 Å². The molecular formula is C12H17ClN4O2S. The highest BCUT2D eigenvalue weighted by Gasteiger charge is 2.10. The predicted molar refractivity (Wildman–Crippen MR) is 78.4 cm³/mol. The molecule has 0 aliphatic rings. The molecule has 2 heterocycles. The van der Waals surface area contributed by atoms with Crippen LogP contribution in [0.4, 0.5) is 0 Å². The molecule has 0 bridgehead atoms. The van der Waals surface area contributed by atoms with Crippen molar-refractivity contribution in [3.05, 3.63) is 30.2 Å². The SMILES string of the molecule is O=S(=O)(CCCCCl)NCCc1nnc2ccccn12. The summed E-state index contributed by atoms with van der Waals surface area (Å²) in [6, 6.07) is 5.62. The van der Waals surface area contributed by atoms with Gasteiger partial charge < -0.3 is 0 Å². The first-order chi connectivity index (χ1) is 9.62. The van der Waals surface area contributed by atoms with Crippen molar-refractivity contribution in [1.29, 1.82) is 0 Å². The van der Waals surface area contributed by atoms with Gasteiger partial charge >= 0.3 is 0 Å². The third-order valence-corrected chi connectivity index (χ3v) is 4.59. The maximum absolute atomic E-state index is 11.7. The molecule has 2 aromatic heterocycles. The van der Waals surface area contributed by atoms with Gasteiger partial charge in [0.05, 0.1) is 5.75 Å². The summed E-state index contributed by atoms with van der Waals surface area (Å²) in [6.07, 6.45) is 3.64. The van der Waals surface area contributed by atoms with Crippen LogP contribution in [0.5, 0.6) is 0 Å². The third-order valence-electron chi connectivity index (χ3n) is 2.85. The second-order valence-corrected chi connectivity index (χ2v) is 6.71. The summed E-state index contributed by atoms with van der Waals surface area (Å²) in [7, 11) is -3.23. The summed E-state index contributed by atoms with van der Waals surface area (Å²) in [5.41, 5.74) is 0.757. The number of rotatable bonds is 8. The number of fused-ring (bicyclic) bond motifs is 1. The predicted octanol–water partition coefficient (Wildman–Crippen LogP) is 1.21. The maximum atomic E-state index is 11.7. The topological polar surface area (TPSA) is 76.4 Å². The van der Waals surface area contributed by atoms with Crippen molar-refractivity contribution in [2.24, 2.45) is 0 Å². The third kappa shape index (κ3) is 4.16. The van der Waals surface area contributed by atoms with E-state index in [1.54, 1.807) is 0 Å². The van der Waals surface area contributed by atoms with E-state index < -0.39 is 10.0 Å². The quantitative estimate of drug-likeness (QED) is 0.586. The molecule has 6 nitrogen and oxygen atoms in total. The molecule has 0 aromatic carbocycles. The molecule has 8 heteroatoms. The average molecular weight is 317 g/mol. The van der Waals surface area contributed by atoms with Gasteiger partial charge in [0, 0.05) is 25.0 Å². The summed E-state index contributed by atoms with van der Waals surface area (Å²) in [5, 5.41) is 8.07. The number of nitrogens with one attached hydrogen (secondary N) is 1. The smallest absolute Gasteiger partial charge is 0.211 e. The Balaban J connectivity index is 1.86. The molecule has 0 radical (unpaired) electrons. The molecule has 0 unspecified atom stereocenters. The normalized spacial score (nSPS) is 12.1. The average Bonchev–Trinajstić information content (AvgIpc) is 2.82. The highest BCUT2D eigenvalue weighted by Crippen LogP contribution is 2.03. The van der Waals surface area contributed by atoms with Gasteiger partial charge in [-0.1, -0.05) is 6.07 Å². The lowest BCUT2D eigenvalue weighted by Gasteiger charge is -2.05. The fraction of sp³-hybridized carbons (Fsp3) is 0.500. The Labute approximate surface area is 123 Å². The lowest BCUT2D eigenvalue weighted by atomic mass is 10.4. The molecule has 0 aliphatic carbocycles. The van der Waals surface area contributed by atoms with E-state index in [4.69, 9.17) is 11.6 Å². The van der Waals surface area contributed by atoms with Crippen molar-refractivity contribution >= 4 is 27.3 Å². The summed E-state index contributed by atoms with van der Waals surface area (Å²) < 4.78 is 27.8. The van der Waals surface area contributed by atoms with E-state index in [1.807, 2.05) is 28.8 Å². The van der Waals surface area contributed by atoms with Crippen LogP contribution in [0.3, 0.4) is 0 Å². The van der Waals surface area contributed by atoms with Crippen LogP contribution in [0.2, 0.25) is 0 Å². The number of alkyl halides is 1. The summed E-state index contributed by atoms with van der Waals surface area (Å²) in [6.45, 7) is 0.318. The molecule has 0 fully saturated rings. The van der Waals surface area contributed by atoms with Crippen molar-refractivity contribution in [2.75, 3.05) is 18.2 Å². The van der Waals surface area contributed by atoms with Crippen LogP contribution in [0.25, 0.3) is 5.65 Å². The van der Waals surface area contributed by atoms with Gasteiger partial charge in [0.15, 0.2) is 5.65 Å². The van der Waals surface area contributed by atoms with Crippen LogP contribution in [-0.2, 0) is 16.4 Å². The van der Waals surface area contributed by atoms with Crippen molar-refractivity contribution < 1.29 is 8.42 Å². The molecule has 2 aromatic rings. The minimum absolute atomic E-state index is 0.111. The number of unbranched alkanes of at least 4 members (excludes halogenated alkanes) is 1. The zero-order valence-corrected chi connectivity index (χ0v) is 12.6. The van der Waals surface area contributed by atoms with Crippen LogP contribution >= 0.6 is 11.6 Å². The molecule has 0 amide bonds. The Morgan fingerprint density at radius 3 is 2.90 bits per heavy atom. The standard InChI is InChI=1S/C12H17ClN4O2S/c13-7-2-4-10-20(18,19)14-8-6-12-16-15-11-5-1-3-9-17(11)12/h1,3,5,9,14H,2,4,6-8,10H2. The number of hydrogen-bond acceptors (Lipinski definition) is 4. The fourth-order valence-corrected chi connectivity index (χ4v) is 3.17. The molecule has 0 aliphatic heterocycles. The van der Waals surface area contributed by atoms with Crippen molar-refractivity contribution in [2.45, 2.75) is 19.3 Å². The van der Waals surface area contributed by atoms with Crippen LogP contribution in [0.15, 0.2) is 24.4 Å². The van der Waals surface area contributed by atoms with E-state index in [2.05, 4.69) is 14.9 Å². The monoisotopic (exact) mass is 316 g/mol.